The number of hydrogen-bond acceptors (Lipinski definition) is 3. The molecule has 2 aromatic rings. The van der Waals surface area contributed by atoms with Gasteiger partial charge in [0, 0.05) is 11.3 Å². The van der Waals surface area contributed by atoms with Gasteiger partial charge in [0.1, 0.15) is 5.75 Å². The van der Waals surface area contributed by atoms with E-state index in [1.807, 2.05) is 42.5 Å². The van der Waals surface area contributed by atoms with Crippen molar-refractivity contribution in [2.24, 2.45) is 0 Å². The van der Waals surface area contributed by atoms with E-state index < -0.39 is 0 Å². The molecule has 0 aromatic heterocycles. The lowest BCUT2D eigenvalue weighted by Gasteiger charge is -2.30. The number of ether oxygens (including phenoxy) is 1. The van der Waals surface area contributed by atoms with Crippen LogP contribution in [0, 0.1) is 0 Å². The van der Waals surface area contributed by atoms with Gasteiger partial charge in [-0.25, -0.2) is 0 Å². The minimum Gasteiger partial charge on any atom is -0.455 e. The van der Waals surface area contributed by atoms with E-state index in [9.17, 15) is 0 Å². The number of benzene rings is 2. The Hall–Kier alpha value is -1.61. The van der Waals surface area contributed by atoms with Crippen LogP contribution in [0.15, 0.2) is 54.6 Å². The van der Waals surface area contributed by atoms with Crippen LogP contribution in [0.5, 0.6) is 11.5 Å². The quantitative estimate of drug-likeness (QED) is 0.841. The van der Waals surface area contributed by atoms with Crippen molar-refractivity contribution in [3.8, 4) is 11.5 Å². The molecule has 2 nitrogen and oxygen atoms in total. The number of hydrogen-bond donors (Lipinski definition) is 1. The summed E-state index contributed by atoms with van der Waals surface area (Å²) in [4.78, 5) is 0. The molecule has 2 atom stereocenters. The summed E-state index contributed by atoms with van der Waals surface area (Å²) >= 11 is 2.05. The molecule has 1 aliphatic heterocycles. The Kier molecular flexibility index (Phi) is 4.71. The number of anilines is 1. The predicted molar refractivity (Wildman–Crippen MR) is 91.5 cm³/mol. The summed E-state index contributed by atoms with van der Waals surface area (Å²) in [6.07, 6.45) is 2.52. The van der Waals surface area contributed by atoms with E-state index in [2.05, 4.69) is 36.1 Å². The van der Waals surface area contributed by atoms with Gasteiger partial charge < -0.3 is 10.1 Å². The van der Waals surface area contributed by atoms with Crippen molar-refractivity contribution in [3.05, 3.63) is 54.6 Å². The van der Waals surface area contributed by atoms with E-state index in [4.69, 9.17) is 4.74 Å². The summed E-state index contributed by atoms with van der Waals surface area (Å²) < 4.78 is 6.02. The molecule has 1 N–H and O–H groups in total. The Bertz CT molecular complexity index is 572. The smallest absolute Gasteiger partial charge is 0.150 e. The van der Waals surface area contributed by atoms with E-state index >= 15 is 0 Å². The summed E-state index contributed by atoms with van der Waals surface area (Å²) in [6.45, 7) is 2.31. The minimum absolute atomic E-state index is 0.518. The first-order valence-electron chi connectivity index (χ1n) is 7.53. The Balaban J connectivity index is 1.76. The topological polar surface area (TPSA) is 21.3 Å². The Morgan fingerprint density at radius 3 is 2.62 bits per heavy atom. The van der Waals surface area contributed by atoms with Crippen molar-refractivity contribution in [1.29, 1.82) is 0 Å². The fourth-order valence-corrected chi connectivity index (χ4v) is 3.74. The maximum Gasteiger partial charge on any atom is 0.150 e. The molecule has 1 fully saturated rings. The second-order valence-corrected chi connectivity index (χ2v) is 6.87. The molecule has 0 saturated carbocycles. The monoisotopic (exact) mass is 299 g/mol. The average molecular weight is 299 g/mol. The first-order valence-corrected chi connectivity index (χ1v) is 8.58. The van der Waals surface area contributed by atoms with Gasteiger partial charge in [0.2, 0.25) is 0 Å². The Morgan fingerprint density at radius 2 is 1.81 bits per heavy atom. The van der Waals surface area contributed by atoms with Crippen molar-refractivity contribution in [2.45, 2.75) is 31.1 Å². The van der Waals surface area contributed by atoms with Crippen LogP contribution < -0.4 is 10.1 Å². The molecule has 0 amide bonds. The molecule has 1 heterocycles. The predicted octanol–water partition coefficient (Wildman–Crippen LogP) is 5.17. The summed E-state index contributed by atoms with van der Waals surface area (Å²) in [5, 5.41) is 4.32. The highest BCUT2D eigenvalue weighted by molar-refractivity contribution is 8.00. The van der Waals surface area contributed by atoms with Crippen molar-refractivity contribution in [2.75, 3.05) is 11.1 Å². The fourth-order valence-electron chi connectivity index (χ4n) is 2.60. The van der Waals surface area contributed by atoms with Crippen LogP contribution in [0.4, 0.5) is 5.69 Å². The third-order valence-corrected chi connectivity index (χ3v) is 5.18. The van der Waals surface area contributed by atoms with Crippen LogP contribution in [-0.2, 0) is 0 Å². The SMILES string of the molecule is CC1SCCCC1Nc1ccccc1Oc1ccccc1. The van der Waals surface area contributed by atoms with Crippen LogP contribution in [0.1, 0.15) is 19.8 Å². The van der Waals surface area contributed by atoms with Crippen molar-refractivity contribution < 1.29 is 4.74 Å². The Morgan fingerprint density at radius 1 is 1.05 bits per heavy atom. The van der Waals surface area contributed by atoms with E-state index in [0.29, 0.717) is 11.3 Å². The van der Waals surface area contributed by atoms with E-state index in [-0.39, 0.29) is 0 Å². The van der Waals surface area contributed by atoms with E-state index in [1.165, 1.54) is 18.6 Å². The first kappa shape index (κ1) is 14.3. The molecule has 1 aliphatic rings. The van der Waals surface area contributed by atoms with Gasteiger partial charge in [-0.1, -0.05) is 37.3 Å². The van der Waals surface area contributed by atoms with Crippen molar-refractivity contribution >= 4 is 17.4 Å². The van der Waals surface area contributed by atoms with Crippen LogP contribution in [0.25, 0.3) is 0 Å². The third kappa shape index (κ3) is 3.73. The summed E-state index contributed by atoms with van der Waals surface area (Å²) in [7, 11) is 0. The Labute approximate surface area is 130 Å². The third-order valence-electron chi connectivity index (χ3n) is 3.81. The zero-order valence-corrected chi connectivity index (χ0v) is 13.1. The number of rotatable bonds is 4. The minimum atomic E-state index is 0.518. The van der Waals surface area contributed by atoms with Gasteiger partial charge in [0.05, 0.1) is 5.69 Å². The molecule has 3 rings (SSSR count). The van der Waals surface area contributed by atoms with Gasteiger partial charge in [0.25, 0.3) is 0 Å². The molecular formula is C18H21NOS. The van der Waals surface area contributed by atoms with E-state index in [1.54, 1.807) is 0 Å². The van der Waals surface area contributed by atoms with Gasteiger partial charge in [-0.2, -0.15) is 11.8 Å². The average Bonchev–Trinajstić information content (AvgIpc) is 2.52. The molecule has 0 bridgehead atoms. The maximum atomic E-state index is 6.02. The van der Waals surface area contributed by atoms with Gasteiger partial charge >= 0.3 is 0 Å². The first-order chi connectivity index (χ1) is 10.3. The molecule has 0 radical (unpaired) electrons. The molecule has 0 spiro atoms. The second-order valence-electron chi connectivity index (χ2n) is 5.38. The van der Waals surface area contributed by atoms with Crippen LogP contribution in [-0.4, -0.2) is 17.0 Å². The van der Waals surface area contributed by atoms with Gasteiger partial charge in [-0.05, 0) is 42.9 Å². The number of thioether (sulfide) groups is 1. The summed E-state index contributed by atoms with van der Waals surface area (Å²) in [6, 6.07) is 18.7. The van der Waals surface area contributed by atoms with Crippen molar-refractivity contribution in [3.63, 3.8) is 0 Å². The lowest BCUT2D eigenvalue weighted by atomic mass is 10.1. The zero-order valence-electron chi connectivity index (χ0n) is 12.3. The highest BCUT2D eigenvalue weighted by Crippen LogP contribution is 2.33. The second kappa shape index (κ2) is 6.90. The highest BCUT2D eigenvalue weighted by Gasteiger charge is 2.22. The van der Waals surface area contributed by atoms with Crippen LogP contribution in [0.3, 0.4) is 0 Å². The highest BCUT2D eigenvalue weighted by atomic mass is 32.2. The van der Waals surface area contributed by atoms with Crippen LogP contribution in [0.2, 0.25) is 0 Å². The largest absolute Gasteiger partial charge is 0.455 e. The van der Waals surface area contributed by atoms with Gasteiger partial charge in [-0.3, -0.25) is 0 Å². The molecule has 2 aromatic carbocycles. The normalized spacial score (nSPS) is 21.8. The van der Waals surface area contributed by atoms with Crippen molar-refractivity contribution in [1.82, 2.24) is 0 Å². The summed E-state index contributed by atoms with van der Waals surface area (Å²) in [5.41, 5.74) is 1.08. The van der Waals surface area contributed by atoms with Crippen LogP contribution >= 0.6 is 11.8 Å². The molecule has 110 valence electrons. The standard InChI is InChI=1S/C18H21NOS/c1-14-16(11-7-13-21-14)19-17-10-5-6-12-18(17)20-15-8-3-2-4-9-15/h2-6,8-10,12,14,16,19H,7,11,13H2,1H3. The lowest BCUT2D eigenvalue weighted by Crippen LogP contribution is -2.32. The molecule has 1 saturated heterocycles. The summed E-state index contributed by atoms with van der Waals surface area (Å²) in [5.74, 6) is 3.05. The molecule has 2 unspecified atom stereocenters. The number of nitrogens with one attached hydrogen (secondary N) is 1. The zero-order chi connectivity index (χ0) is 14.5. The molecule has 0 aliphatic carbocycles. The fraction of sp³-hybridized carbons (Fsp3) is 0.333. The molecule has 21 heavy (non-hydrogen) atoms. The van der Waals surface area contributed by atoms with Gasteiger partial charge in [-0.15, -0.1) is 0 Å². The van der Waals surface area contributed by atoms with E-state index in [0.717, 1.165) is 17.2 Å². The maximum absolute atomic E-state index is 6.02. The molecular weight excluding hydrogens is 278 g/mol. The van der Waals surface area contributed by atoms with Gasteiger partial charge in [0.15, 0.2) is 5.75 Å². The molecule has 3 heteroatoms. The number of para-hydroxylation sites is 3. The lowest BCUT2D eigenvalue weighted by molar-refractivity contribution is 0.482.